The van der Waals surface area contributed by atoms with Crippen LogP contribution in [0.3, 0.4) is 0 Å². The van der Waals surface area contributed by atoms with E-state index >= 15 is 0 Å². The molecule has 1 unspecified atom stereocenters. The molecule has 2 aromatic carbocycles. The summed E-state index contributed by atoms with van der Waals surface area (Å²) in [4.78, 5) is 12.5. The first kappa shape index (κ1) is 18.1. The van der Waals surface area contributed by atoms with Crippen LogP contribution in [0.15, 0.2) is 48.5 Å². The van der Waals surface area contributed by atoms with E-state index in [0.29, 0.717) is 11.5 Å². The zero-order valence-electron chi connectivity index (χ0n) is 14.8. The molecule has 4 nitrogen and oxygen atoms in total. The zero-order valence-corrected chi connectivity index (χ0v) is 15.8. The Labute approximate surface area is 144 Å². The molecule has 0 aliphatic rings. The van der Waals surface area contributed by atoms with E-state index in [1.165, 1.54) is 7.11 Å². The standard InChI is InChI=1S/C19H24O4Si/c1-21-15-11-12-17(23-24(3,4)5)16(13-15)18(19(20)22-2)14-9-7-6-8-10-14/h6-13,18H,1-5H3. The Bertz CT molecular complexity index is 692. The summed E-state index contributed by atoms with van der Waals surface area (Å²) in [5.74, 6) is 0.500. The molecule has 0 heterocycles. The van der Waals surface area contributed by atoms with Crippen LogP contribution in [0.1, 0.15) is 17.0 Å². The molecule has 0 bridgehead atoms. The molecular weight excluding hydrogens is 320 g/mol. The molecule has 0 saturated carbocycles. The summed E-state index contributed by atoms with van der Waals surface area (Å²) in [6.45, 7) is 6.32. The Kier molecular flexibility index (Phi) is 5.67. The Morgan fingerprint density at radius 2 is 1.67 bits per heavy atom. The third-order valence-corrected chi connectivity index (χ3v) is 4.35. The van der Waals surface area contributed by atoms with E-state index in [0.717, 1.165) is 11.1 Å². The average Bonchev–Trinajstić information content (AvgIpc) is 2.56. The van der Waals surface area contributed by atoms with E-state index in [-0.39, 0.29) is 5.97 Å². The van der Waals surface area contributed by atoms with Crippen molar-refractivity contribution >= 4 is 14.3 Å². The van der Waals surface area contributed by atoms with E-state index in [9.17, 15) is 4.79 Å². The van der Waals surface area contributed by atoms with Crippen molar-refractivity contribution in [3.05, 3.63) is 59.7 Å². The highest BCUT2D eigenvalue weighted by Crippen LogP contribution is 2.36. The van der Waals surface area contributed by atoms with Crippen molar-refractivity contribution in [2.24, 2.45) is 0 Å². The number of esters is 1. The highest BCUT2D eigenvalue weighted by molar-refractivity contribution is 6.70. The lowest BCUT2D eigenvalue weighted by molar-refractivity contribution is -0.141. The van der Waals surface area contributed by atoms with Crippen LogP contribution in [0.5, 0.6) is 11.5 Å². The van der Waals surface area contributed by atoms with Gasteiger partial charge in [-0.15, -0.1) is 0 Å². The maximum absolute atomic E-state index is 12.5. The molecule has 0 aromatic heterocycles. The maximum atomic E-state index is 12.5. The van der Waals surface area contributed by atoms with Gasteiger partial charge < -0.3 is 13.9 Å². The SMILES string of the molecule is COC(=O)C(c1ccccc1)c1cc(OC)ccc1O[Si](C)(C)C. The predicted octanol–water partition coefficient (Wildman–Crippen LogP) is 4.21. The molecule has 0 fully saturated rings. The second-order valence-electron chi connectivity index (χ2n) is 6.49. The number of hydrogen-bond acceptors (Lipinski definition) is 4. The number of methoxy groups -OCH3 is 2. The van der Waals surface area contributed by atoms with Crippen molar-refractivity contribution in [1.29, 1.82) is 0 Å². The van der Waals surface area contributed by atoms with Crippen LogP contribution in [0.25, 0.3) is 0 Å². The zero-order chi connectivity index (χ0) is 17.7. The van der Waals surface area contributed by atoms with Crippen molar-refractivity contribution in [3.63, 3.8) is 0 Å². The van der Waals surface area contributed by atoms with Crippen LogP contribution < -0.4 is 9.16 Å². The lowest BCUT2D eigenvalue weighted by atomic mass is 9.90. The first-order valence-electron chi connectivity index (χ1n) is 7.85. The quantitative estimate of drug-likeness (QED) is 0.581. The van der Waals surface area contributed by atoms with Crippen LogP contribution in [-0.2, 0) is 9.53 Å². The molecule has 24 heavy (non-hydrogen) atoms. The van der Waals surface area contributed by atoms with Crippen LogP contribution >= 0.6 is 0 Å². The first-order chi connectivity index (χ1) is 11.4. The Hall–Kier alpha value is -2.27. The van der Waals surface area contributed by atoms with E-state index in [1.54, 1.807) is 7.11 Å². The fraction of sp³-hybridized carbons (Fsp3) is 0.316. The average molecular weight is 344 g/mol. The maximum Gasteiger partial charge on any atom is 0.317 e. The Morgan fingerprint density at radius 3 is 2.21 bits per heavy atom. The molecule has 5 heteroatoms. The van der Waals surface area contributed by atoms with E-state index in [2.05, 4.69) is 19.6 Å². The molecule has 0 N–H and O–H groups in total. The summed E-state index contributed by atoms with van der Waals surface area (Å²) in [7, 11) is 1.16. The fourth-order valence-electron chi connectivity index (χ4n) is 2.51. The minimum Gasteiger partial charge on any atom is -0.544 e. The van der Waals surface area contributed by atoms with Crippen molar-refractivity contribution < 1.29 is 18.7 Å². The van der Waals surface area contributed by atoms with E-state index in [4.69, 9.17) is 13.9 Å². The molecule has 0 spiro atoms. The van der Waals surface area contributed by atoms with Gasteiger partial charge in [0.05, 0.1) is 14.2 Å². The summed E-state index contributed by atoms with van der Waals surface area (Å²) < 4.78 is 16.6. The normalized spacial score (nSPS) is 12.4. The Balaban J connectivity index is 2.61. The predicted molar refractivity (Wildman–Crippen MR) is 97.3 cm³/mol. The summed E-state index contributed by atoms with van der Waals surface area (Å²) in [5.41, 5.74) is 1.62. The smallest absolute Gasteiger partial charge is 0.317 e. The molecule has 128 valence electrons. The Morgan fingerprint density at radius 1 is 1.00 bits per heavy atom. The number of carbonyl (C=O) groups is 1. The van der Waals surface area contributed by atoms with Gasteiger partial charge in [-0.2, -0.15) is 0 Å². The van der Waals surface area contributed by atoms with Crippen molar-refractivity contribution in [1.82, 2.24) is 0 Å². The number of ether oxygens (including phenoxy) is 2. The molecule has 0 amide bonds. The van der Waals surface area contributed by atoms with Gasteiger partial charge in [0.25, 0.3) is 0 Å². The molecule has 0 radical (unpaired) electrons. The first-order valence-corrected chi connectivity index (χ1v) is 11.3. The van der Waals surface area contributed by atoms with Crippen LogP contribution in [0, 0.1) is 0 Å². The minimum atomic E-state index is -1.84. The number of rotatable bonds is 6. The minimum absolute atomic E-state index is 0.324. The highest BCUT2D eigenvalue weighted by Gasteiger charge is 2.29. The van der Waals surface area contributed by atoms with Crippen LogP contribution in [-0.4, -0.2) is 28.5 Å². The topological polar surface area (TPSA) is 44.8 Å². The summed E-state index contributed by atoms with van der Waals surface area (Å²) >= 11 is 0. The lowest BCUT2D eigenvalue weighted by Gasteiger charge is -2.25. The summed E-state index contributed by atoms with van der Waals surface area (Å²) in [5, 5.41) is 0. The molecule has 0 saturated heterocycles. The third-order valence-electron chi connectivity index (χ3n) is 3.51. The van der Waals surface area contributed by atoms with Gasteiger partial charge in [0.1, 0.15) is 17.4 Å². The second kappa shape index (κ2) is 7.53. The van der Waals surface area contributed by atoms with Gasteiger partial charge in [-0.25, -0.2) is 0 Å². The molecule has 0 aliphatic heterocycles. The lowest BCUT2D eigenvalue weighted by Crippen LogP contribution is -2.30. The number of hydrogen-bond donors (Lipinski definition) is 0. The third kappa shape index (κ3) is 4.38. The summed E-state index contributed by atoms with van der Waals surface area (Å²) in [6.07, 6.45) is 0. The van der Waals surface area contributed by atoms with Crippen LogP contribution in [0.2, 0.25) is 19.6 Å². The van der Waals surface area contributed by atoms with Crippen molar-refractivity contribution in [3.8, 4) is 11.5 Å². The van der Waals surface area contributed by atoms with Gasteiger partial charge in [0, 0.05) is 5.56 Å². The monoisotopic (exact) mass is 344 g/mol. The van der Waals surface area contributed by atoms with E-state index in [1.807, 2.05) is 48.5 Å². The molecule has 0 aliphatic carbocycles. The second-order valence-corrected chi connectivity index (χ2v) is 10.9. The number of benzene rings is 2. The van der Waals surface area contributed by atoms with Gasteiger partial charge in [0.15, 0.2) is 0 Å². The van der Waals surface area contributed by atoms with Gasteiger partial charge in [-0.05, 0) is 43.4 Å². The molecule has 2 aromatic rings. The van der Waals surface area contributed by atoms with Crippen molar-refractivity contribution in [2.45, 2.75) is 25.6 Å². The van der Waals surface area contributed by atoms with Gasteiger partial charge >= 0.3 is 5.97 Å². The number of carbonyl (C=O) groups excluding carboxylic acids is 1. The van der Waals surface area contributed by atoms with Gasteiger partial charge in [0.2, 0.25) is 8.32 Å². The van der Waals surface area contributed by atoms with E-state index < -0.39 is 14.2 Å². The summed E-state index contributed by atoms with van der Waals surface area (Å²) in [6, 6.07) is 15.1. The van der Waals surface area contributed by atoms with Crippen molar-refractivity contribution in [2.75, 3.05) is 14.2 Å². The largest absolute Gasteiger partial charge is 0.544 e. The highest BCUT2D eigenvalue weighted by atomic mass is 28.4. The molecule has 2 rings (SSSR count). The van der Waals surface area contributed by atoms with Crippen LogP contribution in [0.4, 0.5) is 0 Å². The molecular formula is C19H24O4Si. The fourth-order valence-corrected chi connectivity index (χ4v) is 3.35. The molecule has 1 atom stereocenters. The van der Waals surface area contributed by atoms with Gasteiger partial charge in [-0.3, -0.25) is 4.79 Å². The van der Waals surface area contributed by atoms with Gasteiger partial charge in [-0.1, -0.05) is 30.3 Å².